The van der Waals surface area contributed by atoms with Crippen LogP contribution in [0.3, 0.4) is 0 Å². The zero-order chi connectivity index (χ0) is 11.0. The third kappa shape index (κ3) is 1.75. The number of hydrogen-bond donors (Lipinski definition) is 1. The number of nitrogens with zero attached hydrogens (tertiary/aromatic N) is 1. The molecule has 0 aliphatic rings. The van der Waals surface area contributed by atoms with Gasteiger partial charge in [0.15, 0.2) is 0 Å². The van der Waals surface area contributed by atoms with Crippen LogP contribution in [-0.4, -0.2) is 9.97 Å². The molecule has 0 spiro atoms. The molecule has 1 aromatic heterocycles. The molecule has 0 bridgehead atoms. The van der Waals surface area contributed by atoms with E-state index in [4.69, 9.17) is 0 Å². The SMILES string of the molecule is CC(C)c1[nH]c(=O)nc2ccc(F)cc12. The molecule has 0 saturated carbocycles. The lowest BCUT2D eigenvalue weighted by atomic mass is 10.0. The van der Waals surface area contributed by atoms with Crippen molar-refractivity contribution in [3.63, 3.8) is 0 Å². The summed E-state index contributed by atoms with van der Waals surface area (Å²) in [4.78, 5) is 17.7. The Bertz CT molecular complexity index is 560. The summed E-state index contributed by atoms with van der Waals surface area (Å²) in [6.07, 6.45) is 0. The van der Waals surface area contributed by atoms with Crippen molar-refractivity contribution >= 4 is 10.9 Å². The van der Waals surface area contributed by atoms with Gasteiger partial charge in [-0.05, 0) is 24.1 Å². The second-order valence-electron chi connectivity index (χ2n) is 3.77. The quantitative estimate of drug-likeness (QED) is 0.777. The minimum absolute atomic E-state index is 0.130. The first-order valence-corrected chi connectivity index (χ1v) is 4.77. The largest absolute Gasteiger partial charge is 0.345 e. The van der Waals surface area contributed by atoms with E-state index in [0.717, 1.165) is 5.69 Å². The highest BCUT2D eigenvalue weighted by Gasteiger charge is 2.08. The molecular formula is C11H11FN2O. The summed E-state index contributed by atoms with van der Waals surface area (Å²) in [6, 6.07) is 4.22. The topological polar surface area (TPSA) is 45.8 Å². The summed E-state index contributed by atoms with van der Waals surface area (Å²) < 4.78 is 13.1. The lowest BCUT2D eigenvalue weighted by Crippen LogP contribution is -2.14. The lowest BCUT2D eigenvalue weighted by molar-refractivity contribution is 0.629. The first-order chi connectivity index (χ1) is 7.08. The van der Waals surface area contributed by atoms with Gasteiger partial charge in [-0.1, -0.05) is 13.8 Å². The van der Waals surface area contributed by atoms with Gasteiger partial charge in [0.2, 0.25) is 0 Å². The highest BCUT2D eigenvalue weighted by atomic mass is 19.1. The summed E-state index contributed by atoms with van der Waals surface area (Å²) in [6.45, 7) is 3.88. The molecule has 1 N–H and O–H groups in total. The average molecular weight is 206 g/mol. The minimum atomic E-state index is -0.391. The average Bonchev–Trinajstić information content (AvgIpc) is 2.17. The molecule has 2 aromatic rings. The van der Waals surface area contributed by atoms with E-state index >= 15 is 0 Å². The molecule has 3 nitrogen and oxygen atoms in total. The number of fused-ring (bicyclic) bond motifs is 1. The van der Waals surface area contributed by atoms with Crippen LogP contribution in [0.4, 0.5) is 4.39 Å². The maximum absolute atomic E-state index is 13.1. The molecule has 0 unspecified atom stereocenters. The van der Waals surface area contributed by atoms with E-state index in [-0.39, 0.29) is 11.7 Å². The normalized spacial score (nSPS) is 11.2. The third-order valence-corrected chi connectivity index (χ3v) is 2.29. The summed E-state index contributed by atoms with van der Waals surface area (Å²) in [7, 11) is 0. The van der Waals surface area contributed by atoms with Crippen LogP contribution in [0.2, 0.25) is 0 Å². The van der Waals surface area contributed by atoms with Crippen LogP contribution in [0.25, 0.3) is 10.9 Å². The van der Waals surface area contributed by atoms with Crippen molar-refractivity contribution in [1.82, 2.24) is 9.97 Å². The van der Waals surface area contributed by atoms with Crippen LogP contribution in [0.15, 0.2) is 23.0 Å². The predicted octanol–water partition coefficient (Wildman–Crippen LogP) is 2.19. The van der Waals surface area contributed by atoms with Crippen LogP contribution < -0.4 is 5.69 Å². The Labute approximate surface area is 86.0 Å². The zero-order valence-corrected chi connectivity index (χ0v) is 8.54. The second kappa shape index (κ2) is 3.46. The third-order valence-electron chi connectivity index (χ3n) is 2.29. The first kappa shape index (κ1) is 9.83. The minimum Gasteiger partial charge on any atom is -0.309 e. The van der Waals surface area contributed by atoms with Gasteiger partial charge in [-0.15, -0.1) is 0 Å². The van der Waals surface area contributed by atoms with Crippen LogP contribution in [0, 0.1) is 5.82 Å². The summed E-state index contributed by atoms with van der Waals surface area (Å²) in [5.74, 6) is -0.191. The van der Waals surface area contributed by atoms with E-state index in [0.29, 0.717) is 10.9 Å². The number of H-pyrrole nitrogens is 1. The van der Waals surface area contributed by atoms with E-state index in [9.17, 15) is 9.18 Å². The van der Waals surface area contributed by atoms with E-state index in [1.807, 2.05) is 13.8 Å². The van der Waals surface area contributed by atoms with Gasteiger partial charge in [0.05, 0.1) is 5.52 Å². The number of benzene rings is 1. The number of nitrogens with one attached hydrogen (secondary N) is 1. The summed E-state index contributed by atoms with van der Waals surface area (Å²) in [5, 5.41) is 0.671. The van der Waals surface area contributed by atoms with E-state index in [1.165, 1.54) is 18.2 Å². The smallest absolute Gasteiger partial charge is 0.309 e. The van der Waals surface area contributed by atoms with Crippen molar-refractivity contribution in [2.75, 3.05) is 0 Å². The number of aromatic amines is 1. The Morgan fingerprint density at radius 3 is 2.80 bits per heavy atom. The van der Waals surface area contributed by atoms with Gasteiger partial charge in [-0.2, -0.15) is 4.98 Å². The zero-order valence-electron chi connectivity index (χ0n) is 8.54. The van der Waals surface area contributed by atoms with Crippen molar-refractivity contribution in [2.45, 2.75) is 19.8 Å². The monoisotopic (exact) mass is 206 g/mol. The van der Waals surface area contributed by atoms with Gasteiger partial charge < -0.3 is 4.98 Å². The molecule has 0 radical (unpaired) electrons. The Balaban J connectivity index is 2.88. The van der Waals surface area contributed by atoms with Gasteiger partial charge >= 0.3 is 5.69 Å². The molecule has 0 aliphatic heterocycles. The van der Waals surface area contributed by atoms with Gasteiger partial charge in [0.25, 0.3) is 0 Å². The van der Waals surface area contributed by atoms with E-state index < -0.39 is 5.69 Å². The Morgan fingerprint density at radius 1 is 1.40 bits per heavy atom. The molecule has 0 amide bonds. The Morgan fingerprint density at radius 2 is 2.13 bits per heavy atom. The maximum Gasteiger partial charge on any atom is 0.345 e. The van der Waals surface area contributed by atoms with Crippen LogP contribution in [0.1, 0.15) is 25.5 Å². The molecule has 0 saturated heterocycles. The molecule has 4 heteroatoms. The number of hydrogen-bond acceptors (Lipinski definition) is 2. The van der Waals surface area contributed by atoms with Crippen molar-refractivity contribution in [3.05, 3.63) is 40.2 Å². The standard InChI is InChI=1S/C11H11FN2O/c1-6(2)10-8-5-7(12)3-4-9(8)13-11(15)14-10/h3-6H,1-2H3,(H,13,14,15). The fraction of sp³-hybridized carbons (Fsp3) is 0.273. The highest BCUT2D eigenvalue weighted by molar-refractivity contribution is 5.81. The fourth-order valence-electron chi connectivity index (χ4n) is 1.60. The Hall–Kier alpha value is -1.71. The van der Waals surface area contributed by atoms with Gasteiger partial charge in [-0.25, -0.2) is 9.18 Å². The van der Waals surface area contributed by atoms with Gasteiger partial charge in [0, 0.05) is 11.1 Å². The molecule has 78 valence electrons. The molecule has 0 fully saturated rings. The number of halogens is 1. The van der Waals surface area contributed by atoms with Crippen LogP contribution >= 0.6 is 0 Å². The van der Waals surface area contributed by atoms with Crippen LogP contribution in [0.5, 0.6) is 0 Å². The van der Waals surface area contributed by atoms with Crippen molar-refractivity contribution < 1.29 is 4.39 Å². The number of rotatable bonds is 1. The first-order valence-electron chi connectivity index (χ1n) is 4.77. The van der Waals surface area contributed by atoms with E-state index in [2.05, 4.69) is 9.97 Å². The highest BCUT2D eigenvalue weighted by Crippen LogP contribution is 2.21. The van der Waals surface area contributed by atoms with E-state index in [1.54, 1.807) is 0 Å². The number of aromatic nitrogens is 2. The van der Waals surface area contributed by atoms with Crippen molar-refractivity contribution in [1.29, 1.82) is 0 Å². The molecule has 0 aliphatic carbocycles. The van der Waals surface area contributed by atoms with Gasteiger partial charge in [0.1, 0.15) is 5.82 Å². The lowest BCUT2D eigenvalue weighted by Gasteiger charge is -2.08. The fourth-order valence-corrected chi connectivity index (χ4v) is 1.60. The van der Waals surface area contributed by atoms with Gasteiger partial charge in [-0.3, -0.25) is 0 Å². The summed E-state index contributed by atoms with van der Waals surface area (Å²) in [5.41, 5.74) is 0.867. The predicted molar refractivity (Wildman–Crippen MR) is 56.4 cm³/mol. The maximum atomic E-state index is 13.1. The molecule has 1 heterocycles. The molecular weight excluding hydrogens is 195 g/mol. The Kier molecular flexibility index (Phi) is 2.26. The van der Waals surface area contributed by atoms with Crippen molar-refractivity contribution in [2.24, 2.45) is 0 Å². The summed E-state index contributed by atoms with van der Waals surface area (Å²) >= 11 is 0. The molecule has 0 atom stereocenters. The molecule has 2 rings (SSSR count). The molecule has 15 heavy (non-hydrogen) atoms. The van der Waals surface area contributed by atoms with Crippen molar-refractivity contribution in [3.8, 4) is 0 Å². The second-order valence-corrected chi connectivity index (χ2v) is 3.77. The van der Waals surface area contributed by atoms with Crippen LogP contribution in [-0.2, 0) is 0 Å². The molecule has 1 aromatic carbocycles.